The third-order valence-electron chi connectivity index (χ3n) is 12.0. The highest BCUT2D eigenvalue weighted by Gasteiger charge is 2.53. The predicted octanol–water partition coefficient (Wildman–Crippen LogP) is 0.105. The van der Waals surface area contributed by atoms with Gasteiger partial charge in [0, 0.05) is 43.4 Å². The van der Waals surface area contributed by atoms with Crippen LogP contribution in [0.5, 0.6) is 0 Å². The highest BCUT2D eigenvalue weighted by Crippen LogP contribution is 2.38. The highest BCUT2D eigenvalue weighted by molar-refractivity contribution is 6.00. The molecule has 2 aliphatic heterocycles. The summed E-state index contributed by atoms with van der Waals surface area (Å²) in [6.45, 7) is 13.3. The third kappa shape index (κ3) is 9.93. The van der Waals surface area contributed by atoms with E-state index < -0.39 is 77.3 Å². The standard InChI is InChI=1S/C38H65N7O10/c1-11-27-38(51,45-15-12-28(39)43-35(45)50)31(41-20-46)24(5)40-18-21(2)17-37(7,52-10)32(22(3)29(47)23(4)33(49)54-27)55-34-30(48)26(44(8)9)16-25(53-34)19-42-36(6)13-14-36/h12,15,20-27,30-32,34,40,42,48,51H,11,13-14,16-19H2,1-10H3,(H,41,46)(H2,39,43,50)/t21-,22+,23-,24-,25+,26?,27-,30?,31-,32-,34+,37-,38-/m1/s1. The Bertz CT molecular complexity index is 1540. The number of carbonyl (C=O) groups excluding carboxylic acids is 3. The molecular formula is C38H65N7O10. The van der Waals surface area contributed by atoms with Crippen molar-refractivity contribution in [3.05, 3.63) is 22.7 Å². The number of ether oxygens (including phenoxy) is 4. The monoisotopic (exact) mass is 779 g/mol. The minimum atomic E-state index is -2.39. The first-order valence-electron chi connectivity index (χ1n) is 19.5. The van der Waals surface area contributed by atoms with E-state index >= 15 is 0 Å². The summed E-state index contributed by atoms with van der Waals surface area (Å²) in [5, 5.41) is 33.9. The first-order valence-corrected chi connectivity index (χ1v) is 19.5. The van der Waals surface area contributed by atoms with E-state index in [4.69, 9.17) is 24.7 Å². The fourth-order valence-corrected chi connectivity index (χ4v) is 8.20. The van der Waals surface area contributed by atoms with Gasteiger partial charge in [-0.3, -0.25) is 19.0 Å². The number of esters is 1. The average Bonchev–Trinajstić information content (AvgIpc) is 3.88. The summed E-state index contributed by atoms with van der Waals surface area (Å²) in [4.78, 5) is 59.5. The molecule has 2 saturated heterocycles. The van der Waals surface area contributed by atoms with Crippen molar-refractivity contribution >= 4 is 24.0 Å². The number of aliphatic hydroxyl groups excluding tert-OH is 1. The van der Waals surface area contributed by atoms with E-state index in [0.29, 0.717) is 32.3 Å². The van der Waals surface area contributed by atoms with Crippen LogP contribution in [0, 0.1) is 17.8 Å². The molecule has 1 aromatic heterocycles. The minimum absolute atomic E-state index is 0.0255. The van der Waals surface area contributed by atoms with Gasteiger partial charge in [0.05, 0.1) is 23.9 Å². The maximum atomic E-state index is 14.4. The Balaban J connectivity index is 1.76. The Morgan fingerprint density at radius 1 is 1.18 bits per heavy atom. The molecule has 7 N–H and O–H groups in total. The van der Waals surface area contributed by atoms with Crippen LogP contribution in [0.1, 0.15) is 80.6 Å². The Hall–Kier alpha value is -3.03. The molecule has 17 heteroatoms. The van der Waals surface area contributed by atoms with Crippen molar-refractivity contribution in [3.63, 3.8) is 0 Å². The van der Waals surface area contributed by atoms with Gasteiger partial charge in [-0.2, -0.15) is 4.98 Å². The molecule has 2 unspecified atom stereocenters. The molecular weight excluding hydrogens is 714 g/mol. The lowest BCUT2D eigenvalue weighted by Crippen LogP contribution is -2.68. The third-order valence-corrected chi connectivity index (χ3v) is 12.0. The van der Waals surface area contributed by atoms with Crippen molar-refractivity contribution in [2.24, 2.45) is 17.8 Å². The summed E-state index contributed by atoms with van der Waals surface area (Å²) in [6, 6.07) is -0.978. The van der Waals surface area contributed by atoms with Gasteiger partial charge in [0.1, 0.15) is 17.8 Å². The number of amides is 1. The Labute approximate surface area is 324 Å². The summed E-state index contributed by atoms with van der Waals surface area (Å²) >= 11 is 0. The van der Waals surface area contributed by atoms with E-state index in [-0.39, 0.29) is 35.8 Å². The van der Waals surface area contributed by atoms with Crippen LogP contribution in [0.2, 0.25) is 0 Å². The van der Waals surface area contributed by atoms with Crippen LogP contribution in [0.15, 0.2) is 17.1 Å². The van der Waals surface area contributed by atoms with E-state index in [0.717, 1.165) is 17.4 Å². The number of cyclic esters (lactones) is 1. The number of ketones is 1. The number of aliphatic hydroxyl groups is 2. The van der Waals surface area contributed by atoms with Gasteiger partial charge >= 0.3 is 11.7 Å². The number of nitrogens with zero attached hydrogens (tertiary/aromatic N) is 3. The number of nitrogens with one attached hydrogen (secondary N) is 3. The van der Waals surface area contributed by atoms with Crippen LogP contribution in [-0.2, 0) is 39.1 Å². The van der Waals surface area contributed by atoms with Crippen molar-refractivity contribution in [1.82, 2.24) is 30.4 Å². The average molecular weight is 780 g/mol. The summed E-state index contributed by atoms with van der Waals surface area (Å²) in [5.74, 6) is -4.12. The van der Waals surface area contributed by atoms with Gasteiger partial charge in [0.15, 0.2) is 18.2 Å². The Morgan fingerprint density at radius 2 is 1.85 bits per heavy atom. The molecule has 3 fully saturated rings. The van der Waals surface area contributed by atoms with E-state index in [1.165, 1.54) is 26.3 Å². The second kappa shape index (κ2) is 18.1. The maximum absolute atomic E-state index is 14.4. The first kappa shape index (κ1) is 44.7. The molecule has 17 nitrogen and oxygen atoms in total. The van der Waals surface area contributed by atoms with Gasteiger partial charge in [-0.25, -0.2) is 4.79 Å². The molecule has 1 aromatic rings. The summed E-state index contributed by atoms with van der Waals surface area (Å²) in [7, 11) is 5.31. The molecule has 3 aliphatic rings. The zero-order valence-corrected chi connectivity index (χ0v) is 34.1. The lowest BCUT2D eigenvalue weighted by Gasteiger charge is -2.47. The zero-order valence-electron chi connectivity index (χ0n) is 34.1. The molecule has 312 valence electrons. The number of aromatic nitrogens is 2. The van der Waals surface area contributed by atoms with Gasteiger partial charge in [0.25, 0.3) is 0 Å². The number of methoxy groups -OCH3 is 1. The van der Waals surface area contributed by atoms with E-state index in [2.05, 4.69) is 27.9 Å². The summed E-state index contributed by atoms with van der Waals surface area (Å²) in [6.07, 6.45) is -0.321. The number of anilines is 1. The van der Waals surface area contributed by atoms with Crippen LogP contribution >= 0.6 is 0 Å². The SMILES string of the molecule is CC[C@H]1OC(=O)[C@H](C)C(=O)[C@H](C)[C@@H](O[C@@H]2O[C@H](CNC3(C)CC3)CC(N(C)C)C2O)[C@](C)(OC)C[C@@H](C)CN[C@H](C)[C@@H](NC=O)[C@@]1(O)n1ccc(N)nc1=O. The Morgan fingerprint density at radius 3 is 2.42 bits per heavy atom. The molecule has 0 aromatic carbocycles. The van der Waals surface area contributed by atoms with E-state index in [1.54, 1.807) is 20.8 Å². The maximum Gasteiger partial charge on any atom is 0.352 e. The number of carbonyl (C=O) groups is 3. The molecule has 0 radical (unpaired) electrons. The fraction of sp³-hybridized carbons (Fsp3) is 0.816. The van der Waals surface area contributed by atoms with Crippen LogP contribution < -0.4 is 27.4 Å². The summed E-state index contributed by atoms with van der Waals surface area (Å²) < 4.78 is 26.2. The number of hydrogen-bond donors (Lipinski definition) is 6. The number of nitrogens with two attached hydrogens (primary N) is 1. The first-order chi connectivity index (χ1) is 25.7. The van der Waals surface area contributed by atoms with Gasteiger partial charge in [0.2, 0.25) is 12.1 Å². The van der Waals surface area contributed by atoms with Crippen molar-refractivity contribution in [1.29, 1.82) is 0 Å². The molecule has 1 amide bonds. The number of likely N-dealkylation sites (N-methyl/N-ethyl adjacent to an activating group) is 1. The van der Waals surface area contributed by atoms with Crippen LogP contribution in [0.3, 0.4) is 0 Å². The smallest absolute Gasteiger partial charge is 0.352 e. The van der Waals surface area contributed by atoms with Crippen LogP contribution in [-0.4, -0.2) is 137 Å². The number of rotatable bonds is 11. The fourth-order valence-electron chi connectivity index (χ4n) is 8.20. The molecule has 13 atom stereocenters. The number of Topliss-reactive ketones (excluding diaryl/α,β-unsaturated/α-hetero) is 1. The van der Waals surface area contributed by atoms with Crippen LogP contribution in [0.25, 0.3) is 0 Å². The van der Waals surface area contributed by atoms with Gasteiger partial charge < -0.3 is 55.7 Å². The predicted molar refractivity (Wildman–Crippen MR) is 204 cm³/mol. The molecule has 3 heterocycles. The van der Waals surface area contributed by atoms with Crippen molar-refractivity contribution in [3.8, 4) is 0 Å². The minimum Gasteiger partial charge on any atom is -0.457 e. The van der Waals surface area contributed by atoms with Crippen molar-refractivity contribution in [2.75, 3.05) is 40.0 Å². The molecule has 1 saturated carbocycles. The van der Waals surface area contributed by atoms with E-state index in [1.807, 2.05) is 32.8 Å². The molecule has 1 aliphatic carbocycles. The summed E-state index contributed by atoms with van der Waals surface area (Å²) in [5.41, 5.74) is 1.35. The quantitative estimate of drug-likeness (QED) is 0.0995. The Kier molecular flexibility index (Phi) is 14.7. The lowest BCUT2D eigenvalue weighted by molar-refractivity contribution is -0.297. The second-order valence-corrected chi connectivity index (χ2v) is 16.7. The molecule has 55 heavy (non-hydrogen) atoms. The zero-order chi connectivity index (χ0) is 41.0. The molecule has 4 rings (SSSR count). The normalized spacial score (nSPS) is 39.1. The van der Waals surface area contributed by atoms with Gasteiger partial charge in [-0.15, -0.1) is 0 Å². The van der Waals surface area contributed by atoms with Gasteiger partial charge in [-0.1, -0.05) is 20.8 Å². The highest BCUT2D eigenvalue weighted by atomic mass is 16.7. The largest absolute Gasteiger partial charge is 0.457 e. The lowest BCUT2D eigenvalue weighted by atomic mass is 9.78. The number of hydrogen-bond acceptors (Lipinski definition) is 15. The van der Waals surface area contributed by atoms with Crippen LogP contribution in [0.4, 0.5) is 5.82 Å². The topological polar surface area (TPSA) is 229 Å². The van der Waals surface area contributed by atoms with Gasteiger partial charge in [-0.05, 0) is 92.4 Å². The second-order valence-electron chi connectivity index (χ2n) is 16.7. The molecule has 0 spiro atoms. The number of nitrogen functional groups attached to an aromatic ring is 1. The molecule has 0 bridgehead atoms. The van der Waals surface area contributed by atoms with Crippen molar-refractivity contribution in [2.45, 2.75) is 146 Å². The van der Waals surface area contributed by atoms with E-state index in [9.17, 15) is 29.4 Å². The van der Waals surface area contributed by atoms with Crippen molar-refractivity contribution < 1.29 is 43.5 Å².